The number of rotatable bonds is 4. The molecular formula is C14H19N3O3. The maximum atomic E-state index is 12.5. The van der Waals surface area contributed by atoms with E-state index in [0.717, 1.165) is 24.9 Å². The lowest BCUT2D eigenvalue weighted by molar-refractivity contribution is -0.383. The quantitative estimate of drug-likeness (QED) is 0.653. The van der Waals surface area contributed by atoms with Gasteiger partial charge >= 0.3 is 0 Å². The molecule has 0 saturated carbocycles. The maximum absolute atomic E-state index is 12.5. The highest BCUT2D eigenvalue weighted by Crippen LogP contribution is 2.29. The molecule has 0 spiro atoms. The molecular weight excluding hydrogens is 258 g/mol. The van der Waals surface area contributed by atoms with E-state index in [1.165, 1.54) is 6.07 Å². The predicted octanol–water partition coefficient (Wildman–Crippen LogP) is 2.37. The number of nitro benzene ring substituents is 1. The summed E-state index contributed by atoms with van der Waals surface area (Å²) in [6.07, 6.45) is 2.37. The highest BCUT2D eigenvalue weighted by Gasteiger charge is 2.39. The van der Waals surface area contributed by atoms with Crippen LogP contribution in [0.25, 0.3) is 0 Å². The largest absolute Gasteiger partial charge is 0.319 e. The molecule has 1 aromatic rings. The maximum Gasteiger partial charge on any atom is 0.292 e. The van der Waals surface area contributed by atoms with Crippen LogP contribution in [0.2, 0.25) is 0 Å². The average molecular weight is 277 g/mol. The average Bonchev–Trinajstić information content (AvgIpc) is 2.88. The van der Waals surface area contributed by atoms with E-state index in [2.05, 4.69) is 10.6 Å². The molecule has 6 heteroatoms. The molecule has 1 fully saturated rings. The van der Waals surface area contributed by atoms with E-state index >= 15 is 0 Å². The second-order valence-corrected chi connectivity index (χ2v) is 5.20. The molecule has 0 aliphatic carbocycles. The third-order valence-electron chi connectivity index (χ3n) is 3.88. The number of carbonyl (C=O) groups excluding carboxylic acids is 1. The Hall–Kier alpha value is -1.95. The van der Waals surface area contributed by atoms with E-state index in [9.17, 15) is 14.9 Å². The number of hydrogen-bond acceptors (Lipinski definition) is 4. The summed E-state index contributed by atoms with van der Waals surface area (Å²) in [5.41, 5.74) is 0.461. The molecule has 1 atom stereocenters. The summed E-state index contributed by atoms with van der Waals surface area (Å²) in [5.74, 6) is -0.189. The van der Waals surface area contributed by atoms with Gasteiger partial charge in [-0.05, 0) is 44.4 Å². The molecule has 0 aromatic heterocycles. The van der Waals surface area contributed by atoms with Crippen molar-refractivity contribution in [2.75, 3.05) is 11.9 Å². The van der Waals surface area contributed by atoms with Crippen molar-refractivity contribution in [2.45, 2.75) is 38.6 Å². The minimum Gasteiger partial charge on any atom is -0.319 e. The van der Waals surface area contributed by atoms with Crippen LogP contribution in [0.1, 0.15) is 31.7 Å². The molecule has 2 rings (SSSR count). The van der Waals surface area contributed by atoms with Crippen molar-refractivity contribution >= 4 is 17.3 Å². The molecule has 1 saturated heterocycles. The van der Waals surface area contributed by atoms with Crippen LogP contribution >= 0.6 is 0 Å². The Morgan fingerprint density at radius 2 is 2.30 bits per heavy atom. The number of hydrogen-bond donors (Lipinski definition) is 2. The molecule has 1 amide bonds. The molecule has 108 valence electrons. The van der Waals surface area contributed by atoms with Crippen molar-refractivity contribution in [1.29, 1.82) is 0 Å². The van der Waals surface area contributed by atoms with Crippen LogP contribution in [0, 0.1) is 17.0 Å². The van der Waals surface area contributed by atoms with Crippen LogP contribution in [0.4, 0.5) is 11.4 Å². The summed E-state index contributed by atoms with van der Waals surface area (Å²) >= 11 is 0. The van der Waals surface area contributed by atoms with E-state index in [-0.39, 0.29) is 17.3 Å². The van der Waals surface area contributed by atoms with E-state index in [4.69, 9.17) is 0 Å². The highest BCUT2D eigenvalue weighted by molar-refractivity contribution is 6.00. The van der Waals surface area contributed by atoms with Gasteiger partial charge in [0, 0.05) is 6.07 Å². The van der Waals surface area contributed by atoms with E-state index in [1.54, 1.807) is 12.1 Å². The minimum absolute atomic E-state index is 0.0757. The number of anilines is 1. The smallest absolute Gasteiger partial charge is 0.292 e. The zero-order chi connectivity index (χ0) is 14.8. The molecule has 2 N–H and O–H groups in total. The molecule has 1 unspecified atom stereocenters. The van der Waals surface area contributed by atoms with Crippen LogP contribution in [0.5, 0.6) is 0 Å². The van der Waals surface area contributed by atoms with Gasteiger partial charge in [-0.25, -0.2) is 0 Å². The second kappa shape index (κ2) is 5.58. The zero-order valence-corrected chi connectivity index (χ0v) is 11.7. The number of nitrogens with zero attached hydrogens (tertiary/aromatic N) is 1. The summed E-state index contributed by atoms with van der Waals surface area (Å²) in [6, 6.07) is 4.72. The van der Waals surface area contributed by atoms with Crippen molar-refractivity contribution in [3.63, 3.8) is 0 Å². The molecule has 1 aromatic carbocycles. The Morgan fingerprint density at radius 3 is 2.85 bits per heavy atom. The first-order chi connectivity index (χ1) is 9.48. The highest BCUT2D eigenvalue weighted by atomic mass is 16.6. The van der Waals surface area contributed by atoms with Gasteiger partial charge in [0.2, 0.25) is 5.91 Å². The number of nitrogens with one attached hydrogen (secondary N) is 2. The molecule has 1 aliphatic rings. The van der Waals surface area contributed by atoms with Crippen LogP contribution < -0.4 is 10.6 Å². The number of benzene rings is 1. The number of nitro groups is 1. The van der Waals surface area contributed by atoms with E-state index < -0.39 is 10.5 Å². The summed E-state index contributed by atoms with van der Waals surface area (Å²) in [6.45, 7) is 4.59. The third-order valence-corrected chi connectivity index (χ3v) is 3.88. The molecule has 0 radical (unpaired) electrons. The van der Waals surface area contributed by atoms with Gasteiger partial charge in [0.05, 0.1) is 10.5 Å². The summed E-state index contributed by atoms with van der Waals surface area (Å²) < 4.78 is 0. The Morgan fingerprint density at radius 1 is 1.55 bits per heavy atom. The van der Waals surface area contributed by atoms with Crippen LogP contribution in [-0.2, 0) is 4.79 Å². The van der Waals surface area contributed by atoms with Gasteiger partial charge in [-0.3, -0.25) is 14.9 Å². The lowest BCUT2D eigenvalue weighted by atomic mass is 9.93. The first-order valence-corrected chi connectivity index (χ1v) is 6.80. The second-order valence-electron chi connectivity index (χ2n) is 5.20. The minimum atomic E-state index is -0.600. The number of aryl methyl sites for hydroxylation is 1. The van der Waals surface area contributed by atoms with Crippen molar-refractivity contribution in [3.05, 3.63) is 33.9 Å². The van der Waals surface area contributed by atoms with Crippen molar-refractivity contribution in [1.82, 2.24) is 5.32 Å². The topological polar surface area (TPSA) is 84.3 Å². The lowest BCUT2D eigenvalue weighted by Gasteiger charge is -2.26. The monoisotopic (exact) mass is 277 g/mol. The first-order valence-electron chi connectivity index (χ1n) is 6.80. The van der Waals surface area contributed by atoms with Crippen LogP contribution in [0.15, 0.2) is 18.2 Å². The van der Waals surface area contributed by atoms with Gasteiger partial charge in [-0.1, -0.05) is 13.0 Å². The SMILES string of the molecule is CCC1(C(=O)Nc2cc(C)ccc2[N+](=O)[O-])CCCN1. The van der Waals surface area contributed by atoms with Crippen molar-refractivity contribution in [3.8, 4) is 0 Å². The third kappa shape index (κ3) is 2.65. The summed E-state index contributed by atoms with van der Waals surface area (Å²) in [4.78, 5) is 23.0. The Balaban J connectivity index is 2.27. The number of carbonyl (C=O) groups is 1. The predicted molar refractivity (Wildman–Crippen MR) is 76.7 cm³/mol. The summed E-state index contributed by atoms with van der Waals surface area (Å²) in [5, 5.41) is 17.0. The van der Waals surface area contributed by atoms with Gasteiger partial charge in [0.15, 0.2) is 0 Å². The van der Waals surface area contributed by atoms with Gasteiger partial charge in [-0.15, -0.1) is 0 Å². The number of amides is 1. The summed E-state index contributed by atoms with van der Waals surface area (Å²) in [7, 11) is 0. The van der Waals surface area contributed by atoms with Crippen molar-refractivity contribution < 1.29 is 9.72 Å². The standard InChI is InChI=1S/C14H19N3O3/c1-3-14(7-4-8-15-14)13(18)16-11-9-10(2)5-6-12(11)17(19)20/h5-6,9,15H,3-4,7-8H2,1-2H3,(H,16,18). The van der Waals surface area contributed by atoms with E-state index in [1.807, 2.05) is 13.8 Å². The Bertz CT molecular complexity index is 536. The molecule has 20 heavy (non-hydrogen) atoms. The molecule has 1 aliphatic heterocycles. The van der Waals surface area contributed by atoms with Crippen molar-refractivity contribution in [2.24, 2.45) is 0 Å². The first kappa shape index (κ1) is 14.5. The fourth-order valence-corrected chi connectivity index (χ4v) is 2.61. The van der Waals surface area contributed by atoms with Crippen LogP contribution in [0.3, 0.4) is 0 Å². The van der Waals surface area contributed by atoms with Gasteiger partial charge < -0.3 is 10.6 Å². The lowest BCUT2D eigenvalue weighted by Crippen LogP contribution is -2.50. The fraction of sp³-hybridized carbons (Fsp3) is 0.500. The van der Waals surface area contributed by atoms with Gasteiger partial charge in [0.25, 0.3) is 5.69 Å². The molecule has 6 nitrogen and oxygen atoms in total. The van der Waals surface area contributed by atoms with Gasteiger partial charge in [-0.2, -0.15) is 0 Å². The molecule has 1 heterocycles. The van der Waals surface area contributed by atoms with Crippen LogP contribution in [-0.4, -0.2) is 22.9 Å². The van der Waals surface area contributed by atoms with Gasteiger partial charge in [0.1, 0.15) is 5.69 Å². The Labute approximate surface area is 117 Å². The van der Waals surface area contributed by atoms with E-state index in [0.29, 0.717) is 6.42 Å². The fourth-order valence-electron chi connectivity index (χ4n) is 2.61. The normalized spacial score (nSPS) is 21.7. The zero-order valence-electron chi connectivity index (χ0n) is 11.7. The Kier molecular flexibility index (Phi) is 4.04. The molecule has 0 bridgehead atoms.